The van der Waals surface area contributed by atoms with Crippen LogP contribution in [0.4, 0.5) is 5.82 Å². The maximum absolute atomic E-state index is 13.1. The van der Waals surface area contributed by atoms with E-state index in [2.05, 4.69) is 25.2 Å². The first kappa shape index (κ1) is 19.4. The van der Waals surface area contributed by atoms with Gasteiger partial charge in [-0.3, -0.25) is 4.79 Å². The van der Waals surface area contributed by atoms with E-state index < -0.39 is 0 Å². The number of hydrogen-bond acceptors (Lipinski definition) is 5. The lowest BCUT2D eigenvalue weighted by molar-refractivity contribution is 0.102. The van der Waals surface area contributed by atoms with E-state index in [1.807, 2.05) is 16.8 Å². The Bertz CT molecular complexity index is 1090. The lowest BCUT2D eigenvalue weighted by Gasteiger charge is -2.15. The van der Waals surface area contributed by atoms with E-state index in [1.54, 1.807) is 44.2 Å². The van der Waals surface area contributed by atoms with Crippen molar-refractivity contribution in [2.24, 2.45) is 0 Å². The van der Waals surface area contributed by atoms with Gasteiger partial charge >= 0.3 is 0 Å². The van der Waals surface area contributed by atoms with E-state index in [0.29, 0.717) is 17.1 Å². The molecule has 0 bridgehead atoms. The van der Waals surface area contributed by atoms with Crippen LogP contribution in [0.1, 0.15) is 32.7 Å². The van der Waals surface area contributed by atoms with E-state index in [-0.39, 0.29) is 5.91 Å². The smallest absolute Gasteiger partial charge is 0.256 e. The van der Waals surface area contributed by atoms with Gasteiger partial charge in [-0.25, -0.2) is 4.68 Å². The minimum Gasteiger partial charge on any atom is -0.493 e. The first-order valence-electron chi connectivity index (χ1n) is 9.32. The highest BCUT2D eigenvalue weighted by molar-refractivity contribution is 7.98. The minimum absolute atomic E-state index is 0.211. The summed E-state index contributed by atoms with van der Waals surface area (Å²) in [5, 5.41) is 7.90. The highest BCUT2D eigenvalue weighted by Gasteiger charge is 2.26. The molecule has 4 rings (SSSR count). The van der Waals surface area contributed by atoms with Crippen LogP contribution < -0.4 is 14.8 Å². The molecule has 0 fully saturated rings. The van der Waals surface area contributed by atoms with Crippen LogP contribution in [-0.4, -0.2) is 29.9 Å². The molecule has 1 N–H and O–H groups in total. The Kier molecular flexibility index (Phi) is 5.24. The van der Waals surface area contributed by atoms with Crippen molar-refractivity contribution < 1.29 is 14.3 Å². The van der Waals surface area contributed by atoms with Crippen molar-refractivity contribution in [2.45, 2.75) is 25.4 Å². The summed E-state index contributed by atoms with van der Waals surface area (Å²) in [6.07, 6.45) is 0. The second-order valence-corrected chi connectivity index (χ2v) is 7.91. The maximum atomic E-state index is 13.1. The number of ether oxygens (including phenoxy) is 2. The Hall–Kier alpha value is -2.93. The second kappa shape index (κ2) is 7.83. The van der Waals surface area contributed by atoms with Crippen molar-refractivity contribution in [2.75, 3.05) is 19.5 Å². The van der Waals surface area contributed by atoms with Crippen molar-refractivity contribution in [3.63, 3.8) is 0 Å². The SMILES string of the molecule is COc1ccc(C(=O)Nc2c3c(nn2-c2cccc(C)c2C)CSC3)cc1OC. The van der Waals surface area contributed by atoms with Gasteiger partial charge in [0.15, 0.2) is 11.5 Å². The van der Waals surface area contributed by atoms with Crippen molar-refractivity contribution >= 4 is 23.5 Å². The van der Waals surface area contributed by atoms with Crippen LogP contribution in [0, 0.1) is 13.8 Å². The summed E-state index contributed by atoms with van der Waals surface area (Å²) in [5.41, 5.74) is 5.92. The topological polar surface area (TPSA) is 65.4 Å². The molecular formula is C22H23N3O3S. The summed E-state index contributed by atoms with van der Waals surface area (Å²) in [7, 11) is 3.13. The number of methoxy groups -OCH3 is 2. The number of aromatic nitrogens is 2. The highest BCUT2D eigenvalue weighted by atomic mass is 32.2. The number of fused-ring (bicyclic) bond motifs is 1. The number of hydrogen-bond donors (Lipinski definition) is 1. The number of benzene rings is 2. The van der Waals surface area contributed by atoms with Gasteiger partial charge in [0.2, 0.25) is 0 Å². The van der Waals surface area contributed by atoms with E-state index in [1.165, 1.54) is 5.56 Å². The van der Waals surface area contributed by atoms with Gasteiger partial charge in [0, 0.05) is 22.6 Å². The fourth-order valence-electron chi connectivity index (χ4n) is 3.44. The van der Waals surface area contributed by atoms with Crippen molar-refractivity contribution in [1.29, 1.82) is 0 Å². The number of anilines is 1. The summed E-state index contributed by atoms with van der Waals surface area (Å²) >= 11 is 1.81. The largest absolute Gasteiger partial charge is 0.493 e. The summed E-state index contributed by atoms with van der Waals surface area (Å²) in [6.45, 7) is 4.15. The number of carbonyl (C=O) groups is 1. The number of aryl methyl sites for hydroxylation is 1. The average Bonchev–Trinajstić information content (AvgIpc) is 3.32. The summed E-state index contributed by atoms with van der Waals surface area (Å²) in [6, 6.07) is 11.3. The molecule has 1 amide bonds. The Morgan fingerprint density at radius 1 is 1.10 bits per heavy atom. The van der Waals surface area contributed by atoms with E-state index in [0.717, 1.165) is 39.8 Å². The van der Waals surface area contributed by atoms with Gasteiger partial charge in [-0.15, -0.1) is 0 Å². The van der Waals surface area contributed by atoms with E-state index in [4.69, 9.17) is 14.6 Å². The predicted molar refractivity (Wildman–Crippen MR) is 116 cm³/mol. The van der Waals surface area contributed by atoms with Crippen LogP contribution in [0.2, 0.25) is 0 Å². The van der Waals surface area contributed by atoms with Gasteiger partial charge in [0.05, 0.1) is 25.6 Å². The quantitative estimate of drug-likeness (QED) is 0.672. The fraction of sp³-hybridized carbons (Fsp3) is 0.273. The lowest BCUT2D eigenvalue weighted by atomic mass is 10.1. The Morgan fingerprint density at radius 2 is 1.90 bits per heavy atom. The Balaban J connectivity index is 1.74. The molecule has 2 heterocycles. The normalized spacial score (nSPS) is 12.6. The molecule has 0 aliphatic carbocycles. The molecule has 1 aliphatic rings. The molecule has 0 unspecified atom stereocenters. The number of amides is 1. The zero-order valence-corrected chi connectivity index (χ0v) is 17.7. The van der Waals surface area contributed by atoms with Crippen LogP contribution in [-0.2, 0) is 11.5 Å². The van der Waals surface area contributed by atoms with E-state index >= 15 is 0 Å². The van der Waals surface area contributed by atoms with Gasteiger partial charge in [-0.1, -0.05) is 12.1 Å². The monoisotopic (exact) mass is 409 g/mol. The fourth-order valence-corrected chi connectivity index (χ4v) is 4.47. The molecule has 7 heteroatoms. The van der Waals surface area contributed by atoms with Gasteiger partial charge in [0.25, 0.3) is 5.91 Å². The number of thioether (sulfide) groups is 1. The second-order valence-electron chi connectivity index (χ2n) is 6.92. The lowest BCUT2D eigenvalue weighted by Crippen LogP contribution is -2.17. The van der Waals surface area contributed by atoms with Crippen molar-refractivity contribution in [1.82, 2.24) is 9.78 Å². The number of nitrogens with one attached hydrogen (secondary N) is 1. The molecule has 1 aromatic heterocycles. The molecule has 2 aromatic carbocycles. The molecule has 0 atom stereocenters. The van der Waals surface area contributed by atoms with Crippen molar-refractivity contribution in [3.8, 4) is 17.2 Å². The third-order valence-electron chi connectivity index (χ3n) is 5.23. The zero-order valence-electron chi connectivity index (χ0n) is 16.9. The number of carbonyl (C=O) groups excluding carboxylic acids is 1. The van der Waals surface area contributed by atoms with Crippen LogP contribution >= 0.6 is 11.8 Å². The molecule has 0 spiro atoms. The average molecular weight is 410 g/mol. The van der Waals surface area contributed by atoms with Gasteiger partial charge in [-0.05, 0) is 49.2 Å². The maximum Gasteiger partial charge on any atom is 0.256 e. The molecule has 0 saturated heterocycles. The molecule has 1 aliphatic heterocycles. The standard InChI is InChI=1S/C22H23N3O3S/c1-13-6-5-7-18(14(13)2)25-21(16-11-29-12-17(16)24-25)23-22(26)15-8-9-19(27-3)20(10-15)28-4/h5-10H,11-12H2,1-4H3,(H,23,26). The molecule has 0 saturated carbocycles. The summed E-state index contributed by atoms with van der Waals surface area (Å²) in [4.78, 5) is 13.1. The Labute approximate surface area is 174 Å². The summed E-state index contributed by atoms with van der Waals surface area (Å²) in [5.74, 6) is 3.31. The predicted octanol–water partition coefficient (Wildman–Crippen LogP) is 4.51. The molecule has 29 heavy (non-hydrogen) atoms. The molecular weight excluding hydrogens is 386 g/mol. The van der Waals surface area contributed by atoms with Gasteiger partial charge in [-0.2, -0.15) is 16.9 Å². The third kappa shape index (κ3) is 3.46. The number of rotatable bonds is 5. The van der Waals surface area contributed by atoms with Crippen LogP contribution in [0.15, 0.2) is 36.4 Å². The molecule has 0 radical (unpaired) electrons. The number of nitrogens with zero attached hydrogens (tertiary/aromatic N) is 2. The van der Waals surface area contributed by atoms with Gasteiger partial charge in [0.1, 0.15) is 5.82 Å². The first-order valence-corrected chi connectivity index (χ1v) is 10.5. The third-order valence-corrected chi connectivity index (χ3v) is 6.20. The molecule has 3 aromatic rings. The molecule has 150 valence electrons. The van der Waals surface area contributed by atoms with Crippen molar-refractivity contribution in [3.05, 3.63) is 64.3 Å². The van der Waals surface area contributed by atoms with Gasteiger partial charge < -0.3 is 14.8 Å². The first-order chi connectivity index (χ1) is 14.0. The van der Waals surface area contributed by atoms with Crippen LogP contribution in [0.3, 0.4) is 0 Å². The highest BCUT2D eigenvalue weighted by Crippen LogP contribution is 2.37. The minimum atomic E-state index is -0.211. The molecule has 6 nitrogen and oxygen atoms in total. The summed E-state index contributed by atoms with van der Waals surface area (Å²) < 4.78 is 12.5. The van der Waals surface area contributed by atoms with Crippen LogP contribution in [0.5, 0.6) is 11.5 Å². The van der Waals surface area contributed by atoms with Crippen LogP contribution in [0.25, 0.3) is 5.69 Å². The Morgan fingerprint density at radius 3 is 2.66 bits per heavy atom. The zero-order chi connectivity index (χ0) is 20.5. The van der Waals surface area contributed by atoms with E-state index in [9.17, 15) is 4.79 Å².